The van der Waals surface area contributed by atoms with E-state index in [1.54, 1.807) is 13.8 Å². The molecule has 0 bridgehead atoms. The van der Waals surface area contributed by atoms with E-state index in [0.29, 0.717) is 6.42 Å². The molecule has 0 aromatic rings. The fraction of sp³-hybridized carbons (Fsp3) is 0.900. The Balaban J connectivity index is 2.97. The van der Waals surface area contributed by atoms with Crippen molar-refractivity contribution in [3.05, 3.63) is 0 Å². The zero-order valence-electron chi connectivity index (χ0n) is 8.50. The molecule has 1 aliphatic carbocycles. The maximum Gasteiger partial charge on any atom is 0.312 e. The summed E-state index contributed by atoms with van der Waals surface area (Å²) in [6, 6.07) is 0. The normalized spacial score (nSPS) is 34.9. The highest BCUT2D eigenvalue weighted by molar-refractivity contribution is 5.75. The topological polar surface area (TPSA) is 57.5 Å². The van der Waals surface area contributed by atoms with Gasteiger partial charge in [0, 0.05) is 0 Å². The first-order valence-corrected chi connectivity index (χ1v) is 4.78. The van der Waals surface area contributed by atoms with Gasteiger partial charge in [-0.3, -0.25) is 4.79 Å². The molecule has 0 amide bonds. The highest BCUT2D eigenvalue weighted by atomic mass is 16.4. The summed E-state index contributed by atoms with van der Waals surface area (Å²) < 4.78 is 0. The van der Waals surface area contributed by atoms with Gasteiger partial charge in [-0.25, -0.2) is 0 Å². The van der Waals surface area contributed by atoms with Crippen molar-refractivity contribution in [2.24, 2.45) is 11.3 Å². The van der Waals surface area contributed by atoms with Crippen molar-refractivity contribution in [1.29, 1.82) is 0 Å². The molecule has 0 unspecified atom stereocenters. The van der Waals surface area contributed by atoms with E-state index < -0.39 is 17.0 Å². The molecule has 3 nitrogen and oxygen atoms in total. The van der Waals surface area contributed by atoms with Gasteiger partial charge in [-0.05, 0) is 32.6 Å². The molecule has 0 radical (unpaired) electrons. The molecule has 13 heavy (non-hydrogen) atoms. The average Bonchev–Trinajstić information content (AvgIpc) is 2.33. The van der Waals surface area contributed by atoms with Crippen molar-refractivity contribution < 1.29 is 15.0 Å². The molecule has 0 heterocycles. The van der Waals surface area contributed by atoms with Gasteiger partial charge in [-0.1, -0.05) is 13.3 Å². The fourth-order valence-electron chi connectivity index (χ4n) is 2.28. The number of rotatable bonds is 2. The summed E-state index contributed by atoms with van der Waals surface area (Å²) in [5, 5.41) is 19.3. The second-order valence-electron chi connectivity index (χ2n) is 4.65. The van der Waals surface area contributed by atoms with Gasteiger partial charge in [0.05, 0.1) is 11.0 Å². The Bertz CT molecular complexity index is 222. The van der Waals surface area contributed by atoms with E-state index in [0.717, 1.165) is 12.8 Å². The van der Waals surface area contributed by atoms with E-state index >= 15 is 0 Å². The smallest absolute Gasteiger partial charge is 0.312 e. The molecule has 76 valence electrons. The van der Waals surface area contributed by atoms with Gasteiger partial charge in [-0.2, -0.15) is 0 Å². The zero-order valence-corrected chi connectivity index (χ0v) is 8.50. The Labute approximate surface area is 78.8 Å². The predicted molar refractivity (Wildman–Crippen MR) is 49.4 cm³/mol. The van der Waals surface area contributed by atoms with Gasteiger partial charge in [0.25, 0.3) is 0 Å². The minimum Gasteiger partial charge on any atom is -0.481 e. The Morgan fingerprint density at radius 1 is 1.54 bits per heavy atom. The number of carbonyl (C=O) groups is 1. The number of hydrogen-bond donors (Lipinski definition) is 2. The Kier molecular flexibility index (Phi) is 2.41. The molecule has 2 N–H and O–H groups in total. The first kappa shape index (κ1) is 10.5. The summed E-state index contributed by atoms with van der Waals surface area (Å²) in [6.07, 6.45) is 2.45. The van der Waals surface area contributed by atoms with Crippen molar-refractivity contribution in [1.82, 2.24) is 0 Å². The van der Waals surface area contributed by atoms with Crippen LogP contribution < -0.4 is 0 Å². The summed E-state index contributed by atoms with van der Waals surface area (Å²) in [6.45, 7) is 5.14. The van der Waals surface area contributed by atoms with Crippen LogP contribution in [0.2, 0.25) is 0 Å². The van der Waals surface area contributed by atoms with Crippen LogP contribution in [-0.4, -0.2) is 21.8 Å². The quantitative estimate of drug-likeness (QED) is 0.689. The van der Waals surface area contributed by atoms with E-state index in [4.69, 9.17) is 5.11 Å². The second-order valence-corrected chi connectivity index (χ2v) is 4.65. The molecule has 1 rings (SSSR count). The summed E-state index contributed by atoms with van der Waals surface area (Å²) in [5.41, 5.74) is -2.07. The van der Waals surface area contributed by atoms with Crippen LogP contribution in [0.1, 0.15) is 40.0 Å². The minimum absolute atomic E-state index is 0.0820. The van der Waals surface area contributed by atoms with Crippen LogP contribution >= 0.6 is 0 Å². The van der Waals surface area contributed by atoms with E-state index in [9.17, 15) is 9.90 Å². The lowest BCUT2D eigenvalue weighted by Crippen LogP contribution is -2.51. The van der Waals surface area contributed by atoms with Crippen LogP contribution in [0.25, 0.3) is 0 Å². The highest BCUT2D eigenvalue weighted by Gasteiger charge is 2.54. The summed E-state index contributed by atoms with van der Waals surface area (Å²) in [4.78, 5) is 11.0. The lowest BCUT2D eigenvalue weighted by atomic mass is 9.69. The molecular formula is C10H18O3. The van der Waals surface area contributed by atoms with Crippen molar-refractivity contribution in [2.45, 2.75) is 45.6 Å². The third-order valence-corrected chi connectivity index (χ3v) is 3.63. The molecule has 0 aromatic heterocycles. The Morgan fingerprint density at radius 3 is 2.38 bits per heavy atom. The third kappa shape index (κ3) is 1.35. The minimum atomic E-state index is -1.04. The van der Waals surface area contributed by atoms with Crippen molar-refractivity contribution in [3.8, 4) is 0 Å². The van der Waals surface area contributed by atoms with Crippen LogP contribution in [0.5, 0.6) is 0 Å². The Morgan fingerprint density at radius 2 is 2.08 bits per heavy atom. The lowest BCUT2D eigenvalue weighted by molar-refractivity contribution is -0.169. The third-order valence-electron chi connectivity index (χ3n) is 3.63. The zero-order chi connectivity index (χ0) is 10.3. The molecule has 0 aliphatic heterocycles. The summed E-state index contributed by atoms with van der Waals surface area (Å²) >= 11 is 0. The van der Waals surface area contributed by atoms with Crippen LogP contribution in [0.4, 0.5) is 0 Å². The standard InChI is InChI=1S/C10H18O3/c1-7-5-4-6-10(7,13)9(2,3)8(11)12/h7,13H,4-6H2,1-3H3,(H,11,12)/t7-,10+/m0/s1. The van der Waals surface area contributed by atoms with Crippen LogP contribution in [0, 0.1) is 11.3 Å². The number of carboxylic acids is 1. The van der Waals surface area contributed by atoms with Gasteiger partial charge in [0.15, 0.2) is 0 Å². The molecule has 1 aliphatic rings. The fourth-order valence-corrected chi connectivity index (χ4v) is 2.28. The molecule has 0 aromatic carbocycles. The summed E-state index contributed by atoms with van der Waals surface area (Å²) in [7, 11) is 0. The first-order chi connectivity index (χ1) is 5.82. The molecule has 3 heteroatoms. The van der Waals surface area contributed by atoms with Crippen LogP contribution in [0.3, 0.4) is 0 Å². The monoisotopic (exact) mass is 186 g/mol. The van der Waals surface area contributed by atoms with Crippen molar-refractivity contribution in [3.63, 3.8) is 0 Å². The number of aliphatic hydroxyl groups is 1. The van der Waals surface area contributed by atoms with Crippen LogP contribution in [-0.2, 0) is 4.79 Å². The maximum atomic E-state index is 11.0. The highest BCUT2D eigenvalue weighted by Crippen LogP contribution is 2.47. The molecular weight excluding hydrogens is 168 g/mol. The molecule has 1 saturated carbocycles. The van der Waals surface area contributed by atoms with E-state index in [2.05, 4.69) is 0 Å². The van der Waals surface area contributed by atoms with E-state index in [-0.39, 0.29) is 5.92 Å². The van der Waals surface area contributed by atoms with Crippen molar-refractivity contribution >= 4 is 5.97 Å². The first-order valence-electron chi connectivity index (χ1n) is 4.78. The maximum absolute atomic E-state index is 11.0. The predicted octanol–water partition coefficient (Wildman–Crippen LogP) is 1.65. The average molecular weight is 186 g/mol. The number of carboxylic acid groups (broad SMARTS) is 1. The van der Waals surface area contributed by atoms with Gasteiger partial charge in [0.2, 0.25) is 0 Å². The number of aliphatic carboxylic acids is 1. The second kappa shape index (κ2) is 2.98. The van der Waals surface area contributed by atoms with Crippen molar-refractivity contribution in [2.75, 3.05) is 0 Å². The van der Waals surface area contributed by atoms with Gasteiger partial charge in [0.1, 0.15) is 0 Å². The molecule has 2 atom stereocenters. The largest absolute Gasteiger partial charge is 0.481 e. The lowest BCUT2D eigenvalue weighted by Gasteiger charge is -2.39. The molecule has 0 saturated heterocycles. The van der Waals surface area contributed by atoms with Gasteiger partial charge < -0.3 is 10.2 Å². The van der Waals surface area contributed by atoms with E-state index in [1.807, 2.05) is 6.92 Å². The van der Waals surface area contributed by atoms with Crippen LogP contribution in [0.15, 0.2) is 0 Å². The molecule has 1 fully saturated rings. The Hall–Kier alpha value is -0.570. The SMILES string of the molecule is C[C@H]1CCC[C@]1(O)C(C)(C)C(=O)O. The number of hydrogen-bond acceptors (Lipinski definition) is 2. The molecule has 0 spiro atoms. The van der Waals surface area contributed by atoms with Gasteiger partial charge in [-0.15, -0.1) is 0 Å². The van der Waals surface area contributed by atoms with E-state index in [1.165, 1.54) is 0 Å². The summed E-state index contributed by atoms with van der Waals surface area (Å²) in [5.74, 6) is -0.831. The van der Waals surface area contributed by atoms with Gasteiger partial charge >= 0.3 is 5.97 Å².